The van der Waals surface area contributed by atoms with Crippen LogP contribution in [-0.2, 0) is 41.6 Å². The minimum absolute atomic E-state index is 0.299. The van der Waals surface area contributed by atoms with Gasteiger partial charge < -0.3 is 28.4 Å². The van der Waals surface area contributed by atoms with Gasteiger partial charge in [0.05, 0.1) is 58.3 Å². The lowest BCUT2D eigenvalue weighted by molar-refractivity contribution is -0.338. The largest absolute Gasteiger partial charge is 0.376 e. The fourth-order valence-corrected chi connectivity index (χ4v) is 4.76. The lowest BCUT2D eigenvalue weighted by Crippen LogP contribution is -2.57. The summed E-state index contributed by atoms with van der Waals surface area (Å²) in [4.78, 5) is 0. The summed E-state index contributed by atoms with van der Waals surface area (Å²) in [6.45, 7) is 20.2. The van der Waals surface area contributed by atoms with Crippen LogP contribution in [0.5, 0.6) is 0 Å². The number of benzene rings is 2. The summed E-state index contributed by atoms with van der Waals surface area (Å²) in [6, 6.07) is 16.4. The van der Waals surface area contributed by atoms with E-state index in [1.165, 1.54) is 0 Å². The molecule has 0 aliphatic carbocycles. The number of hydrogen-bond donors (Lipinski definition) is 0. The minimum Gasteiger partial charge on any atom is -0.376 e. The SMILES string of the molecule is C=Cc1ccc(COCC(C)(C)C2OCC3(CO2)COC(C(C)(C)COCc2ccc(C=C)cc2)OC3)cc1. The maximum absolute atomic E-state index is 6.22. The molecule has 2 heterocycles. The third kappa shape index (κ3) is 7.88. The Morgan fingerprint density at radius 1 is 0.667 bits per heavy atom. The van der Waals surface area contributed by atoms with E-state index in [1.807, 2.05) is 36.4 Å². The first-order chi connectivity index (χ1) is 18.6. The van der Waals surface area contributed by atoms with Gasteiger partial charge in [0.25, 0.3) is 0 Å². The van der Waals surface area contributed by atoms with Crippen molar-refractivity contribution in [3.05, 3.63) is 83.9 Å². The van der Waals surface area contributed by atoms with Crippen LogP contribution in [0.4, 0.5) is 0 Å². The third-order valence-corrected chi connectivity index (χ3v) is 7.36. The van der Waals surface area contributed by atoms with E-state index in [2.05, 4.69) is 65.1 Å². The average molecular weight is 537 g/mol. The molecule has 6 nitrogen and oxygen atoms in total. The predicted octanol–water partition coefficient (Wildman–Crippen LogP) is 6.49. The van der Waals surface area contributed by atoms with Crippen molar-refractivity contribution in [2.24, 2.45) is 16.2 Å². The molecule has 1 spiro atoms. The van der Waals surface area contributed by atoms with E-state index in [0.29, 0.717) is 52.9 Å². The zero-order valence-corrected chi connectivity index (χ0v) is 23.9. The smallest absolute Gasteiger partial charge is 0.164 e. The summed E-state index contributed by atoms with van der Waals surface area (Å²) in [6.07, 6.45) is 2.97. The molecule has 212 valence electrons. The number of hydrogen-bond acceptors (Lipinski definition) is 6. The van der Waals surface area contributed by atoms with Crippen LogP contribution in [0.1, 0.15) is 49.9 Å². The van der Waals surface area contributed by atoms with Crippen molar-refractivity contribution >= 4 is 12.2 Å². The highest BCUT2D eigenvalue weighted by molar-refractivity contribution is 5.47. The van der Waals surface area contributed by atoms with E-state index in [1.54, 1.807) is 0 Å². The molecule has 0 bridgehead atoms. The zero-order valence-electron chi connectivity index (χ0n) is 23.9. The highest BCUT2D eigenvalue weighted by Crippen LogP contribution is 2.38. The Bertz CT molecular complexity index is 965. The Morgan fingerprint density at radius 3 is 1.31 bits per heavy atom. The molecule has 0 amide bonds. The van der Waals surface area contributed by atoms with Gasteiger partial charge >= 0.3 is 0 Å². The first kappa shape index (κ1) is 29.7. The summed E-state index contributed by atoms with van der Waals surface area (Å²) in [5.74, 6) is 0. The van der Waals surface area contributed by atoms with Crippen LogP contribution in [0.3, 0.4) is 0 Å². The first-order valence-corrected chi connectivity index (χ1v) is 13.7. The van der Waals surface area contributed by atoms with Gasteiger partial charge in [0, 0.05) is 10.8 Å². The van der Waals surface area contributed by atoms with Crippen molar-refractivity contribution in [1.29, 1.82) is 0 Å². The summed E-state index contributed by atoms with van der Waals surface area (Å²) in [5.41, 5.74) is 3.55. The second-order valence-corrected chi connectivity index (χ2v) is 12.3. The van der Waals surface area contributed by atoms with E-state index in [4.69, 9.17) is 28.4 Å². The normalized spacial score (nSPS) is 24.0. The molecule has 2 fully saturated rings. The molecule has 2 aromatic carbocycles. The molecule has 0 saturated carbocycles. The van der Waals surface area contributed by atoms with E-state index in [9.17, 15) is 0 Å². The summed E-state index contributed by atoms with van der Waals surface area (Å²) in [5, 5.41) is 0. The molecule has 0 radical (unpaired) electrons. The highest BCUT2D eigenvalue weighted by atomic mass is 16.7. The van der Waals surface area contributed by atoms with E-state index in [0.717, 1.165) is 22.3 Å². The summed E-state index contributed by atoms with van der Waals surface area (Å²) < 4.78 is 36.9. The first-order valence-electron chi connectivity index (χ1n) is 13.7. The fraction of sp³-hybridized carbons (Fsp3) is 0.515. The lowest BCUT2D eigenvalue weighted by Gasteiger charge is -2.48. The quantitative estimate of drug-likeness (QED) is 0.309. The van der Waals surface area contributed by atoms with Gasteiger partial charge in [-0.3, -0.25) is 0 Å². The van der Waals surface area contributed by atoms with Gasteiger partial charge in [-0.05, 0) is 22.3 Å². The van der Waals surface area contributed by atoms with Gasteiger partial charge in [0.15, 0.2) is 12.6 Å². The maximum Gasteiger partial charge on any atom is 0.164 e. The average Bonchev–Trinajstić information content (AvgIpc) is 2.94. The van der Waals surface area contributed by atoms with Crippen molar-refractivity contribution in [2.45, 2.75) is 53.5 Å². The van der Waals surface area contributed by atoms with Gasteiger partial charge in [0.2, 0.25) is 0 Å². The van der Waals surface area contributed by atoms with Crippen LogP contribution in [0, 0.1) is 16.2 Å². The van der Waals surface area contributed by atoms with E-state index >= 15 is 0 Å². The maximum atomic E-state index is 6.22. The second kappa shape index (κ2) is 12.9. The molecule has 4 rings (SSSR count). The van der Waals surface area contributed by atoms with Gasteiger partial charge in [-0.1, -0.05) is 102 Å². The molecule has 2 saturated heterocycles. The van der Waals surface area contributed by atoms with Crippen LogP contribution in [0.2, 0.25) is 0 Å². The van der Waals surface area contributed by atoms with Gasteiger partial charge in [-0.2, -0.15) is 0 Å². The fourth-order valence-electron chi connectivity index (χ4n) is 4.76. The van der Waals surface area contributed by atoms with Crippen LogP contribution in [0.15, 0.2) is 61.7 Å². The Kier molecular flexibility index (Phi) is 9.81. The monoisotopic (exact) mass is 536 g/mol. The molecule has 39 heavy (non-hydrogen) atoms. The van der Waals surface area contributed by atoms with E-state index in [-0.39, 0.29) is 28.8 Å². The lowest BCUT2D eigenvalue weighted by atomic mass is 9.86. The third-order valence-electron chi connectivity index (χ3n) is 7.36. The molecular weight excluding hydrogens is 492 g/mol. The Hall–Kier alpha value is -2.32. The molecule has 2 aromatic rings. The zero-order chi connectivity index (χ0) is 27.9. The van der Waals surface area contributed by atoms with Crippen LogP contribution in [-0.4, -0.2) is 52.2 Å². The van der Waals surface area contributed by atoms with Crippen molar-refractivity contribution < 1.29 is 28.4 Å². The van der Waals surface area contributed by atoms with Crippen molar-refractivity contribution in [1.82, 2.24) is 0 Å². The van der Waals surface area contributed by atoms with Gasteiger partial charge in [-0.25, -0.2) is 0 Å². The van der Waals surface area contributed by atoms with Crippen molar-refractivity contribution in [3.8, 4) is 0 Å². The molecule has 2 aliphatic rings. The Balaban J connectivity index is 1.18. The van der Waals surface area contributed by atoms with Crippen LogP contribution >= 0.6 is 0 Å². The molecule has 0 unspecified atom stereocenters. The van der Waals surface area contributed by atoms with E-state index < -0.39 is 0 Å². The summed E-state index contributed by atoms with van der Waals surface area (Å²) in [7, 11) is 0. The van der Waals surface area contributed by atoms with Gasteiger partial charge in [0.1, 0.15) is 0 Å². The second-order valence-electron chi connectivity index (χ2n) is 12.3. The number of rotatable bonds is 12. The highest BCUT2D eigenvalue weighted by Gasteiger charge is 2.47. The standard InChI is InChI=1S/C33H44O6/c1-7-25-9-13-27(14-10-25)17-34-19-31(3,4)29-36-21-33(22-37-29)23-38-30(39-24-33)32(5,6)20-35-18-28-15-11-26(8-2)12-16-28/h7-16,29-30H,1-2,17-24H2,3-6H3. The van der Waals surface area contributed by atoms with Gasteiger partial charge in [-0.15, -0.1) is 0 Å². The molecule has 2 aliphatic heterocycles. The predicted molar refractivity (Wildman–Crippen MR) is 154 cm³/mol. The van der Waals surface area contributed by atoms with Crippen LogP contribution in [0.25, 0.3) is 12.2 Å². The minimum atomic E-state index is -0.352. The summed E-state index contributed by atoms with van der Waals surface area (Å²) >= 11 is 0. The molecule has 0 atom stereocenters. The Labute approximate surface area is 233 Å². The molecule has 0 aromatic heterocycles. The van der Waals surface area contributed by atoms with Crippen molar-refractivity contribution in [2.75, 3.05) is 39.6 Å². The van der Waals surface area contributed by atoms with Crippen LogP contribution < -0.4 is 0 Å². The number of ether oxygens (including phenoxy) is 6. The molecule has 6 heteroatoms. The molecule has 0 N–H and O–H groups in total. The topological polar surface area (TPSA) is 55.4 Å². The Morgan fingerprint density at radius 2 is 1.00 bits per heavy atom. The molecular formula is C33H44O6. The van der Waals surface area contributed by atoms with Crippen molar-refractivity contribution in [3.63, 3.8) is 0 Å².